The molecule has 0 saturated carbocycles. The molecule has 0 saturated heterocycles. The van der Waals surface area contributed by atoms with Crippen LogP contribution < -0.4 is 11.1 Å². The van der Waals surface area contributed by atoms with Crippen LogP contribution in [0.1, 0.15) is 16.3 Å². The lowest BCUT2D eigenvalue weighted by Crippen LogP contribution is -2.28. The zero-order chi connectivity index (χ0) is 8.27. The van der Waals surface area contributed by atoms with E-state index in [2.05, 4.69) is 5.32 Å². The molecule has 0 aliphatic carbocycles. The minimum absolute atomic E-state index is 0.124. The van der Waals surface area contributed by atoms with Crippen molar-refractivity contribution < 1.29 is 9.21 Å². The number of nitrogens with one attached hydrogen (secondary N) is 1. The van der Waals surface area contributed by atoms with Crippen LogP contribution in [0.25, 0.3) is 0 Å². The van der Waals surface area contributed by atoms with Crippen LogP contribution >= 0.6 is 0 Å². The van der Waals surface area contributed by atoms with E-state index in [1.54, 1.807) is 19.1 Å². The van der Waals surface area contributed by atoms with Gasteiger partial charge in [0.2, 0.25) is 0 Å². The van der Waals surface area contributed by atoms with E-state index in [0.29, 0.717) is 11.5 Å². The predicted octanol–water partition coefficient (Wildman–Crippen LogP) is 0.234. The Balaban J connectivity index is 2.69. The normalized spacial score (nSPS) is 9.64. The topological polar surface area (TPSA) is 68.3 Å². The molecule has 0 radical (unpaired) electrons. The molecular formula is C7H10N2O2. The molecule has 1 heterocycles. The molecule has 0 aromatic carbocycles. The molecule has 0 fully saturated rings. The molecule has 1 aromatic rings. The lowest BCUT2D eigenvalue weighted by Gasteiger charge is -1.95. The molecule has 11 heavy (non-hydrogen) atoms. The van der Waals surface area contributed by atoms with Gasteiger partial charge >= 0.3 is 0 Å². The number of nitrogens with two attached hydrogens (primary N) is 1. The summed E-state index contributed by atoms with van der Waals surface area (Å²) < 4.78 is 5.03. The molecule has 0 unspecified atom stereocenters. The second-order valence-electron chi connectivity index (χ2n) is 2.12. The molecule has 4 heteroatoms. The Morgan fingerprint density at radius 1 is 1.73 bits per heavy atom. The third kappa shape index (κ3) is 1.81. The number of carbonyl (C=O) groups is 1. The molecule has 0 spiro atoms. The van der Waals surface area contributed by atoms with Crippen molar-refractivity contribution >= 4 is 5.91 Å². The van der Waals surface area contributed by atoms with Gasteiger partial charge in [0.25, 0.3) is 5.91 Å². The highest BCUT2D eigenvalue weighted by Crippen LogP contribution is 2.04. The number of amides is 1. The SMILES string of the molecule is Cc1ccc(C(=O)NCN)o1. The van der Waals surface area contributed by atoms with E-state index in [9.17, 15) is 4.79 Å². The molecule has 0 atom stereocenters. The summed E-state index contributed by atoms with van der Waals surface area (Å²) in [6, 6.07) is 3.34. The summed E-state index contributed by atoms with van der Waals surface area (Å²) in [7, 11) is 0. The van der Waals surface area contributed by atoms with E-state index in [1.807, 2.05) is 0 Å². The summed E-state index contributed by atoms with van der Waals surface area (Å²) in [5.41, 5.74) is 5.10. The van der Waals surface area contributed by atoms with E-state index < -0.39 is 0 Å². The minimum Gasteiger partial charge on any atom is -0.456 e. The van der Waals surface area contributed by atoms with Crippen molar-refractivity contribution in [2.45, 2.75) is 6.92 Å². The largest absolute Gasteiger partial charge is 0.456 e. The maximum Gasteiger partial charge on any atom is 0.287 e. The Hall–Kier alpha value is -1.29. The van der Waals surface area contributed by atoms with Gasteiger partial charge < -0.3 is 15.5 Å². The Labute approximate surface area is 64.4 Å². The molecular weight excluding hydrogens is 144 g/mol. The van der Waals surface area contributed by atoms with Crippen LogP contribution in [0.5, 0.6) is 0 Å². The molecule has 0 aliphatic heterocycles. The molecule has 0 aliphatic rings. The number of aryl methyl sites for hydroxylation is 1. The lowest BCUT2D eigenvalue weighted by molar-refractivity contribution is 0.0926. The lowest BCUT2D eigenvalue weighted by atomic mass is 10.4. The van der Waals surface area contributed by atoms with Gasteiger partial charge in [-0.2, -0.15) is 0 Å². The second kappa shape index (κ2) is 3.21. The highest BCUT2D eigenvalue weighted by molar-refractivity contribution is 5.91. The number of rotatable bonds is 2. The highest BCUT2D eigenvalue weighted by Gasteiger charge is 2.06. The van der Waals surface area contributed by atoms with Crippen molar-refractivity contribution in [2.24, 2.45) is 5.73 Å². The first-order chi connectivity index (χ1) is 5.24. The first-order valence-electron chi connectivity index (χ1n) is 3.28. The van der Waals surface area contributed by atoms with Gasteiger partial charge in [0.05, 0.1) is 6.67 Å². The van der Waals surface area contributed by atoms with E-state index in [-0.39, 0.29) is 12.6 Å². The fourth-order valence-corrected chi connectivity index (χ4v) is 0.736. The molecule has 0 bridgehead atoms. The van der Waals surface area contributed by atoms with Crippen LogP contribution in [-0.2, 0) is 0 Å². The van der Waals surface area contributed by atoms with E-state index in [1.165, 1.54) is 0 Å². The summed E-state index contributed by atoms with van der Waals surface area (Å²) in [4.78, 5) is 11.0. The quantitative estimate of drug-likeness (QED) is 0.599. The summed E-state index contributed by atoms with van der Waals surface area (Å²) in [6.45, 7) is 1.90. The van der Waals surface area contributed by atoms with Crippen molar-refractivity contribution in [1.29, 1.82) is 0 Å². The molecule has 4 nitrogen and oxygen atoms in total. The van der Waals surface area contributed by atoms with Crippen molar-refractivity contribution in [3.63, 3.8) is 0 Å². The van der Waals surface area contributed by atoms with E-state index in [0.717, 1.165) is 0 Å². The Morgan fingerprint density at radius 2 is 2.45 bits per heavy atom. The van der Waals surface area contributed by atoms with Crippen molar-refractivity contribution in [3.05, 3.63) is 23.7 Å². The third-order valence-corrected chi connectivity index (χ3v) is 1.23. The molecule has 1 rings (SSSR count). The fourth-order valence-electron chi connectivity index (χ4n) is 0.736. The molecule has 1 amide bonds. The van der Waals surface area contributed by atoms with Gasteiger partial charge in [0, 0.05) is 0 Å². The number of furan rings is 1. The standard InChI is InChI=1S/C7H10N2O2/c1-5-2-3-6(11-5)7(10)9-4-8/h2-3H,4,8H2,1H3,(H,9,10). The van der Waals surface area contributed by atoms with Crippen molar-refractivity contribution in [2.75, 3.05) is 6.67 Å². The zero-order valence-electron chi connectivity index (χ0n) is 6.26. The highest BCUT2D eigenvalue weighted by atomic mass is 16.3. The van der Waals surface area contributed by atoms with E-state index in [4.69, 9.17) is 10.2 Å². The molecule has 1 aromatic heterocycles. The summed E-state index contributed by atoms with van der Waals surface area (Å²) in [5.74, 6) is 0.737. The fraction of sp³-hybridized carbons (Fsp3) is 0.286. The van der Waals surface area contributed by atoms with Gasteiger partial charge in [-0.05, 0) is 19.1 Å². The first kappa shape index (κ1) is 7.81. The Bertz CT molecular complexity index is 255. The predicted molar refractivity (Wildman–Crippen MR) is 40.0 cm³/mol. The second-order valence-corrected chi connectivity index (χ2v) is 2.12. The van der Waals surface area contributed by atoms with Crippen LogP contribution in [0.15, 0.2) is 16.5 Å². The molecule has 60 valence electrons. The van der Waals surface area contributed by atoms with Gasteiger partial charge in [-0.25, -0.2) is 0 Å². The van der Waals surface area contributed by atoms with Crippen LogP contribution in [-0.4, -0.2) is 12.6 Å². The smallest absolute Gasteiger partial charge is 0.287 e. The van der Waals surface area contributed by atoms with Crippen LogP contribution in [0.2, 0.25) is 0 Å². The third-order valence-electron chi connectivity index (χ3n) is 1.23. The minimum atomic E-state index is -0.277. The average Bonchev–Trinajstić information content (AvgIpc) is 2.36. The molecule has 3 N–H and O–H groups in total. The Morgan fingerprint density at radius 3 is 2.91 bits per heavy atom. The zero-order valence-corrected chi connectivity index (χ0v) is 6.26. The van der Waals surface area contributed by atoms with Gasteiger partial charge in [-0.3, -0.25) is 4.79 Å². The van der Waals surface area contributed by atoms with Crippen molar-refractivity contribution in [3.8, 4) is 0 Å². The first-order valence-corrected chi connectivity index (χ1v) is 3.28. The maximum atomic E-state index is 11.0. The average molecular weight is 154 g/mol. The van der Waals surface area contributed by atoms with Gasteiger partial charge in [0.15, 0.2) is 5.76 Å². The van der Waals surface area contributed by atoms with E-state index >= 15 is 0 Å². The monoisotopic (exact) mass is 154 g/mol. The van der Waals surface area contributed by atoms with Crippen LogP contribution in [0.4, 0.5) is 0 Å². The van der Waals surface area contributed by atoms with Gasteiger partial charge in [-0.1, -0.05) is 0 Å². The number of hydrogen-bond acceptors (Lipinski definition) is 3. The Kier molecular flexibility index (Phi) is 2.28. The summed E-state index contributed by atoms with van der Waals surface area (Å²) >= 11 is 0. The summed E-state index contributed by atoms with van der Waals surface area (Å²) in [5, 5.41) is 2.42. The van der Waals surface area contributed by atoms with Crippen LogP contribution in [0.3, 0.4) is 0 Å². The number of carbonyl (C=O) groups excluding carboxylic acids is 1. The maximum absolute atomic E-state index is 11.0. The number of hydrogen-bond donors (Lipinski definition) is 2. The van der Waals surface area contributed by atoms with Crippen molar-refractivity contribution in [1.82, 2.24) is 5.32 Å². The van der Waals surface area contributed by atoms with Gasteiger partial charge in [-0.15, -0.1) is 0 Å². The van der Waals surface area contributed by atoms with Crippen LogP contribution in [0, 0.1) is 6.92 Å². The summed E-state index contributed by atoms with van der Waals surface area (Å²) in [6.07, 6.45) is 0. The van der Waals surface area contributed by atoms with Gasteiger partial charge in [0.1, 0.15) is 5.76 Å².